The molecule has 0 saturated heterocycles. The van der Waals surface area contributed by atoms with Gasteiger partial charge in [0.25, 0.3) is 0 Å². The average Bonchev–Trinajstić information content (AvgIpc) is 3.10. The van der Waals surface area contributed by atoms with Gasteiger partial charge in [0.2, 0.25) is 0 Å². The maximum atomic E-state index is 11.8. The van der Waals surface area contributed by atoms with Crippen LogP contribution in [0.4, 0.5) is 0 Å². The fourth-order valence-corrected chi connectivity index (χ4v) is 2.40. The first-order valence-corrected chi connectivity index (χ1v) is 6.98. The van der Waals surface area contributed by atoms with E-state index in [0.29, 0.717) is 5.31 Å². The molecule has 0 unspecified atom stereocenters. The van der Waals surface area contributed by atoms with Crippen LogP contribution in [-0.2, 0) is 30.7 Å². The van der Waals surface area contributed by atoms with Gasteiger partial charge in [-0.2, -0.15) is 0 Å². The molecule has 5 heteroatoms. The van der Waals surface area contributed by atoms with Crippen molar-refractivity contribution < 1.29 is 30.7 Å². The summed E-state index contributed by atoms with van der Waals surface area (Å²) in [5.74, 6) is 0.784. The van der Waals surface area contributed by atoms with E-state index in [2.05, 4.69) is 6.58 Å². The van der Waals surface area contributed by atoms with Gasteiger partial charge in [-0.25, -0.2) is 0 Å². The van der Waals surface area contributed by atoms with Gasteiger partial charge in [-0.15, -0.1) is 0 Å². The summed E-state index contributed by atoms with van der Waals surface area (Å²) >= 11 is 0. The van der Waals surface area contributed by atoms with E-state index in [-0.39, 0.29) is 17.1 Å². The van der Waals surface area contributed by atoms with Gasteiger partial charge >= 0.3 is 7.60 Å². The summed E-state index contributed by atoms with van der Waals surface area (Å²) in [5.41, 5.74) is 0. The van der Waals surface area contributed by atoms with Gasteiger partial charge in [0.15, 0.2) is 0 Å². The molecule has 10 radical (unpaired) electrons. The van der Waals surface area contributed by atoms with Crippen LogP contribution in [-0.4, -0.2) is 14.2 Å². The Morgan fingerprint density at radius 3 is 1.63 bits per heavy atom. The molecular weight excluding hydrogens is 303 g/mol. The molecule has 104 valence electrons. The average molecular weight is 320 g/mol. The van der Waals surface area contributed by atoms with Crippen molar-refractivity contribution in [1.82, 2.24) is 0 Å². The second kappa shape index (κ2) is 10.2. The van der Waals surface area contributed by atoms with E-state index in [4.69, 9.17) is 9.05 Å². The molecule has 0 N–H and O–H groups in total. The van der Waals surface area contributed by atoms with E-state index in [1.54, 1.807) is 0 Å². The van der Waals surface area contributed by atoms with Crippen LogP contribution in [0.2, 0.25) is 0 Å². The zero-order chi connectivity index (χ0) is 13.4. The molecule has 2 saturated carbocycles. The molecule has 2 fully saturated rings. The van der Waals surface area contributed by atoms with Crippen molar-refractivity contribution in [2.75, 3.05) is 14.2 Å². The minimum atomic E-state index is -3.16. The number of allylic oxidation sites excluding steroid dienone is 1. The molecule has 2 rings (SSSR count). The van der Waals surface area contributed by atoms with Crippen LogP contribution in [0.25, 0.3) is 0 Å². The largest absolute Gasteiger partial charge is 0.356 e. The Morgan fingerprint density at radius 2 is 1.32 bits per heavy atom. The van der Waals surface area contributed by atoms with Crippen molar-refractivity contribution in [3.63, 3.8) is 0 Å². The first kappa shape index (κ1) is 19.4. The molecule has 0 aliphatic heterocycles. The van der Waals surface area contributed by atoms with Gasteiger partial charge in [0.05, 0.1) is 0 Å². The minimum Gasteiger partial charge on any atom is -0.309 e. The molecule has 0 spiro atoms. The Hall–Kier alpha value is 0.409. The van der Waals surface area contributed by atoms with Crippen molar-refractivity contribution in [1.29, 1.82) is 0 Å². The van der Waals surface area contributed by atoms with Crippen LogP contribution in [0.1, 0.15) is 0 Å². The standard InChI is InChI=1S/C9H12O3P.C5H5.Fe/c1-8(9-6-4-5-7-9)13(10,11-2)12-3;1-2-4-5-3-1;/h4-7H,1H2,2-3H3;1-5H;. The molecular formula is C14H17FeO3P. The number of rotatable bonds is 4. The van der Waals surface area contributed by atoms with E-state index >= 15 is 0 Å². The smallest absolute Gasteiger partial charge is 0.309 e. The molecule has 19 heavy (non-hydrogen) atoms. The van der Waals surface area contributed by atoms with Crippen LogP contribution in [0.15, 0.2) is 11.9 Å². The predicted molar refractivity (Wildman–Crippen MR) is 72.7 cm³/mol. The Labute approximate surface area is 128 Å². The molecule has 0 aromatic rings. The summed E-state index contributed by atoms with van der Waals surface area (Å²) in [5, 5.41) is 0.391. The first-order chi connectivity index (χ1) is 8.64. The molecule has 0 amide bonds. The Balaban J connectivity index is 0.000000454. The number of hydrogen-bond donors (Lipinski definition) is 0. The summed E-state index contributed by atoms with van der Waals surface area (Å²) < 4.78 is 21.4. The molecule has 2 aliphatic carbocycles. The van der Waals surface area contributed by atoms with E-state index in [1.807, 2.05) is 57.8 Å². The summed E-state index contributed by atoms with van der Waals surface area (Å²) in [6, 6.07) is 0. The van der Waals surface area contributed by atoms with Crippen LogP contribution < -0.4 is 0 Å². The molecule has 2 aliphatic rings. The third-order valence-corrected chi connectivity index (χ3v) is 4.24. The second-order valence-electron chi connectivity index (χ2n) is 3.45. The van der Waals surface area contributed by atoms with Crippen LogP contribution in [0.5, 0.6) is 0 Å². The van der Waals surface area contributed by atoms with Gasteiger partial charge in [-0.3, -0.25) is 4.57 Å². The van der Waals surface area contributed by atoms with Gasteiger partial charge in [-0.05, 0) is 57.8 Å². The molecule has 0 bridgehead atoms. The molecule has 0 heterocycles. The molecule has 3 nitrogen and oxygen atoms in total. The third-order valence-electron chi connectivity index (χ3n) is 2.36. The van der Waals surface area contributed by atoms with Crippen LogP contribution in [0.3, 0.4) is 0 Å². The van der Waals surface area contributed by atoms with Crippen molar-refractivity contribution in [3.05, 3.63) is 75.6 Å². The van der Waals surface area contributed by atoms with Gasteiger partial charge in [0, 0.05) is 42.5 Å². The SMILES string of the molecule is C=C([C]1[CH][CH][CH][CH]1)P(=O)(OC)OC.[CH]1[CH][CH][CH][CH]1.[Fe]. The fourth-order valence-electron chi connectivity index (χ4n) is 1.34. The van der Waals surface area contributed by atoms with Crippen LogP contribution >= 0.6 is 7.60 Å². The minimum absolute atomic E-state index is 0. The maximum absolute atomic E-state index is 11.8. The van der Waals surface area contributed by atoms with Crippen LogP contribution in [0, 0.1) is 63.7 Å². The van der Waals surface area contributed by atoms with Gasteiger partial charge in [-0.1, -0.05) is 6.58 Å². The fraction of sp³-hybridized carbons (Fsp3) is 0.143. The van der Waals surface area contributed by atoms with Crippen molar-refractivity contribution in [2.45, 2.75) is 0 Å². The van der Waals surface area contributed by atoms with Gasteiger partial charge < -0.3 is 9.05 Å². The molecule has 0 aromatic heterocycles. The number of hydrogen-bond acceptors (Lipinski definition) is 3. The van der Waals surface area contributed by atoms with Crippen molar-refractivity contribution in [3.8, 4) is 0 Å². The third kappa shape index (κ3) is 6.14. The van der Waals surface area contributed by atoms with Gasteiger partial charge in [0.1, 0.15) is 0 Å². The van der Waals surface area contributed by atoms with E-state index in [1.165, 1.54) is 14.2 Å². The zero-order valence-electron chi connectivity index (χ0n) is 10.9. The van der Waals surface area contributed by atoms with E-state index < -0.39 is 7.60 Å². The van der Waals surface area contributed by atoms with E-state index in [0.717, 1.165) is 5.92 Å². The summed E-state index contributed by atoms with van der Waals surface area (Å²) in [6.07, 6.45) is 17.3. The predicted octanol–water partition coefficient (Wildman–Crippen LogP) is 3.41. The van der Waals surface area contributed by atoms with Crippen molar-refractivity contribution in [2.24, 2.45) is 0 Å². The summed E-state index contributed by atoms with van der Waals surface area (Å²) in [4.78, 5) is 0. The molecule has 0 atom stereocenters. The second-order valence-corrected chi connectivity index (χ2v) is 5.71. The Bertz CT molecular complexity index is 281. The quantitative estimate of drug-likeness (QED) is 0.588. The summed E-state index contributed by atoms with van der Waals surface area (Å²) in [7, 11) is -0.464. The molecule has 0 aromatic carbocycles. The topological polar surface area (TPSA) is 35.5 Å². The summed E-state index contributed by atoms with van der Waals surface area (Å²) in [6.45, 7) is 3.70. The van der Waals surface area contributed by atoms with Crippen molar-refractivity contribution >= 4 is 7.60 Å². The first-order valence-electron chi connectivity index (χ1n) is 5.44. The zero-order valence-corrected chi connectivity index (χ0v) is 12.9. The Kier molecular flexibility index (Phi) is 10.4. The normalized spacial score (nSPS) is 19.5. The monoisotopic (exact) mass is 320 g/mol. The Morgan fingerprint density at radius 1 is 0.947 bits per heavy atom. The van der Waals surface area contributed by atoms with E-state index in [9.17, 15) is 4.57 Å². The maximum Gasteiger partial charge on any atom is 0.356 e.